The normalized spacial score (nSPS) is 40.0. The summed E-state index contributed by atoms with van der Waals surface area (Å²) in [5, 5.41) is 3.07. The van der Waals surface area contributed by atoms with Gasteiger partial charge in [-0.15, -0.1) is 0 Å². The second-order valence-electron chi connectivity index (χ2n) is 1.34. The van der Waals surface area contributed by atoms with Crippen LogP contribution in [0.15, 0.2) is 11.7 Å². The van der Waals surface area contributed by atoms with Crippen molar-refractivity contribution in [1.82, 2.24) is 5.32 Å². The number of fused-ring (bicyclic) bond motifs is 1. The van der Waals surface area contributed by atoms with E-state index in [4.69, 9.17) is 4.74 Å². The Labute approximate surface area is 37.3 Å². The molecule has 0 aromatic heterocycles. The molecular weight excluding hydrogens is 97.0 g/mol. The third kappa shape index (κ3) is 0.177. The predicted octanol–water partition coefficient (Wildman–Crippen LogP) is 0.381. The fourth-order valence-corrected chi connectivity index (χ4v) is 1.32. The van der Waals surface area contributed by atoms with E-state index in [1.54, 1.807) is 6.26 Å². The van der Waals surface area contributed by atoms with E-state index in [9.17, 15) is 0 Å². The van der Waals surface area contributed by atoms with Crippen molar-refractivity contribution in [2.45, 2.75) is 5.97 Å². The van der Waals surface area contributed by atoms with Crippen molar-refractivity contribution in [3.63, 3.8) is 0 Å². The van der Waals surface area contributed by atoms with Gasteiger partial charge in [0.15, 0.2) is 5.97 Å². The maximum atomic E-state index is 4.97. The number of hydrogen-bond donors (Lipinski definition) is 1. The molecule has 1 fully saturated rings. The van der Waals surface area contributed by atoms with Gasteiger partial charge in [-0.25, -0.2) is 0 Å². The minimum atomic E-state index is 0.375. The number of nitrogens with one attached hydrogen (secondary N) is 1. The van der Waals surface area contributed by atoms with Crippen LogP contribution >= 0.6 is 8.58 Å². The van der Waals surface area contributed by atoms with Gasteiger partial charge in [-0.1, -0.05) is 0 Å². The summed E-state index contributed by atoms with van der Waals surface area (Å²) in [6.07, 6.45) is 1.79. The molecular formula is C3H4NOP. The molecule has 0 radical (unpaired) electrons. The van der Waals surface area contributed by atoms with Crippen LogP contribution in [0.25, 0.3) is 0 Å². The number of hydrogen-bond acceptors (Lipinski definition) is 2. The topological polar surface area (TPSA) is 21.3 Å². The summed E-state index contributed by atoms with van der Waals surface area (Å²) >= 11 is 0. The molecule has 2 nitrogen and oxygen atoms in total. The average Bonchev–Trinajstić information content (AvgIpc) is 1.72. The zero-order valence-electron chi connectivity index (χ0n) is 3.06. The van der Waals surface area contributed by atoms with Crippen LogP contribution in [0, 0.1) is 0 Å². The van der Waals surface area contributed by atoms with Crippen molar-refractivity contribution in [3.8, 4) is 0 Å². The van der Waals surface area contributed by atoms with E-state index in [1.165, 1.54) is 5.44 Å². The first-order chi connectivity index (χ1) is 2.95. The smallest absolute Gasteiger partial charge is 0.190 e. The van der Waals surface area contributed by atoms with Crippen molar-refractivity contribution in [2.24, 2.45) is 0 Å². The summed E-state index contributed by atoms with van der Waals surface area (Å²) in [7, 11) is 0.907. The minimum Gasteiger partial charge on any atom is -0.472 e. The van der Waals surface area contributed by atoms with Crippen LogP contribution in [0.3, 0.4) is 0 Å². The van der Waals surface area contributed by atoms with Crippen molar-refractivity contribution in [2.75, 3.05) is 0 Å². The van der Waals surface area contributed by atoms with Crippen LogP contribution in [-0.2, 0) is 4.74 Å². The van der Waals surface area contributed by atoms with Gasteiger partial charge in [0.1, 0.15) is 6.26 Å². The van der Waals surface area contributed by atoms with Gasteiger partial charge in [0.25, 0.3) is 0 Å². The lowest BCUT2D eigenvalue weighted by molar-refractivity contribution is 0.228. The Bertz CT molecular complexity index is 101. The standard InChI is InChI=1S/C3H4NOP/c1-2-4-3(5-1)6-2/h1,3-4,6H. The van der Waals surface area contributed by atoms with Crippen LogP contribution < -0.4 is 5.32 Å². The molecule has 0 aliphatic carbocycles. The lowest BCUT2D eigenvalue weighted by atomic mass is 11.0. The molecule has 0 aromatic rings. The first-order valence-corrected chi connectivity index (χ1v) is 2.91. The summed E-state index contributed by atoms with van der Waals surface area (Å²) in [5.41, 5.74) is 1.28. The van der Waals surface area contributed by atoms with E-state index in [-0.39, 0.29) is 0 Å². The van der Waals surface area contributed by atoms with Crippen LogP contribution in [0.1, 0.15) is 0 Å². The second kappa shape index (κ2) is 0.710. The van der Waals surface area contributed by atoms with Gasteiger partial charge in [0.05, 0.1) is 5.44 Å². The largest absolute Gasteiger partial charge is 0.472 e. The second-order valence-corrected chi connectivity index (χ2v) is 2.69. The first kappa shape index (κ1) is 2.86. The maximum Gasteiger partial charge on any atom is 0.190 e. The minimum absolute atomic E-state index is 0.375. The van der Waals surface area contributed by atoms with E-state index in [0.717, 1.165) is 8.58 Å². The monoisotopic (exact) mass is 101 g/mol. The molecule has 3 rings (SSSR count). The fraction of sp³-hybridized carbons (Fsp3) is 0.333. The Kier molecular flexibility index (Phi) is 0.339. The molecule has 0 amide bonds. The molecule has 0 aromatic carbocycles. The Morgan fingerprint density at radius 3 is 3.00 bits per heavy atom. The van der Waals surface area contributed by atoms with Gasteiger partial charge in [-0.05, 0) is 8.58 Å². The molecule has 3 aliphatic rings. The van der Waals surface area contributed by atoms with Gasteiger partial charge < -0.3 is 10.1 Å². The molecule has 0 spiro atoms. The SMILES string of the molecule is C1=C2NC(O1)P2. The van der Waals surface area contributed by atoms with E-state index in [0.29, 0.717) is 5.97 Å². The summed E-state index contributed by atoms with van der Waals surface area (Å²) in [6, 6.07) is 0. The van der Waals surface area contributed by atoms with Crippen LogP contribution in [0.4, 0.5) is 0 Å². The van der Waals surface area contributed by atoms with Gasteiger partial charge in [-0.3, -0.25) is 0 Å². The highest BCUT2D eigenvalue weighted by Gasteiger charge is 2.28. The van der Waals surface area contributed by atoms with E-state index in [2.05, 4.69) is 5.32 Å². The average molecular weight is 101 g/mol. The van der Waals surface area contributed by atoms with E-state index >= 15 is 0 Å². The molecule has 1 N–H and O–H groups in total. The number of rotatable bonds is 0. The highest BCUT2D eigenvalue weighted by atomic mass is 31.1. The Balaban J connectivity index is 2.37. The Morgan fingerprint density at radius 1 is 2.00 bits per heavy atom. The zero-order valence-corrected chi connectivity index (χ0v) is 4.06. The van der Waals surface area contributed by atoms with E-state index in [1.807, 2.05) is 0 Å². The first-order valence-electron chi connectivity index (χ1n) is 1.84. The molecule has 3 aliphatic heterocycles. The molecule has 32 valence electrons. The highest BCUT2D eigenvalue weighted by Crippen LogP contribution is 2.43. The maximum absolute atomic E-state index is 4.97. The zero-order chi connectivity index (χ0) is 3.98. The van der Waals surface area contributed by atoms with Crippen molar-refractivity contribution < 1.29 is 4.74 Å². The lowest BCUT2D eigenvalue weighted by Gasteiger charge is -2.19. The molecule has 1 saturated heterocycles. The summed E-state index contributed by atoms with van der Waals surface area (Å²) in [4.78, 5) is 0. The van der Waals surface area contributed by atoms with Gasteiger partial charge in [-0.2, -0.15) is 0 Å². The predicted molar refractivity (Wildman–Crippen MR) is 24.4 cm³/mol. The highest BCUT2D eigenvalue weighted by molar-refractivity contribution is 7.45. The van der Waals surface area contributed by atoms with Gasteiger partial charge in [0, 0.05) is 0 Å². The summed E-state index contributed by atoms with van der Waals surface area (Å²) in [5.74, 6) is 0.375. The molecule has 2 unspecified atom stereocenters. The van der Waals surface area contributed by atoms with Crippen molar-refractivity contribution in [3.05, 3.63) is 11.7 Å². The van der Waals surface area contributed by atoms with E-state index < -0.39 is 0 Å². The van der Waals surface area contributed by atoms with Crippen molar-refractivity contribution in [1.29, 1.82) is 0 Å². The summed E-state index contributed by atoms with van der Waals surface area (Å²) < 4.78 is 4.97. The van der Waals surface area contributed by atoms with Gasteiger partial charge >= 0.3 is 0 Å². The third-order valence-corrected chi connectivity index (χ3v) is 2.01. The molecule has 0 saturated carbocycles. The van der Waals surface area contributed by atoms with Crippen LogP contribution in [0.5, 0.6) is 0 Å². The molecule has 3 heterocycles. The summed E-state index contributed by atoms with van der Waals surface area (Å²) in [6.45, 7) is 0. The Morgan fingerprint density at radius 2 is 2.83 bits per heavy atom. The van der Waals surface area contributed by atoms with Crippen molar-refractivity contribution >= 4 is 8.58 Å². The Hall–Kier alpha value is -0.230. The molecule has 3 heteroatoms. The quantitative estimate of drug-likeness (QED) is 0.445. The van der Waals surface area contributed by atoms with Crippen LogP contribution in [0.2, 0.25) is 0 Å². The van der Waals surface area contributed by atoms with Crippen LogP contribution in [-0.4, -0.2) is 5.97 Å². The molecule has 6 heavy (non-hydrogen) atoms. The molecule has 2 bridgehead atoms. The lowest BCUT2D eigenvalue weighted by Crippen LogP contribution is -2.26. The third-order valence-electron chi connectivity index (χ3n) is 0.895. The van der Waals surface area contributed by atoms with Gasteiger partial charge in [0.2, 0.25) is 0 Å². The molecule has 2 atom stereocenters. The fourth-order valence-electron chi connectivity index (χ4n) is 0.555. The number of ether oxygens (including phenoxy) is 1.